The number of aliphatic hydroxyl groups excluding tert-OH is 1. The second-order valence-corrected chi connectivity index (χ2v) is 3.22. The highest BCUT2D eigenvalue weighted by Gasteiger charge is 2.15. The summed E-state index contributed by atoms with van der Waals surface area (Å²) >= 11 is 0. The number of aryl methyl sites for hydroxylation is 1. The number of aliphatic hydroxyl groups is 1. The summed E-state index contributed by atoms with van der Waals surface area (Å²) in [5.74, 6) is -1.78. The molecule has 1 atom stereocenters. The first-order valence-corrected chi connectivity index (χ1v) is 4.39. The quantitative estimate of drug-likeness (QED) is 0.781. The Morgan fingerprint density at radius 1 is 1.36 bits per heavy atom. The number of benzene rings is 1. The molecule has 1 rings (SSSR count). The van der Waals surface area contributed by atoms with Gasteiger partial charge in [-0.25, -0.2) is 8.78 Å². The zero-order valence-corrected chi connectivity index (χ0v) is 7.93. The van der Waals surface area contributed by atoms with Crippen LogP contribution in [0.5, 0.6) is 0 Å². The third-order valence-corrected chi connectivity index (χ3v) is 2.14. The lowest BCUT2D eigenvalue weighted by Gasteiger charge is -2.12. The van der Waals surface area contributed by atoms with E-state index in [0.29, 0.717) is 0 Å². The van der Waals surface area contributed by atoms with E-state index in [0.717, 1.165) is 0 Å². The summed E-state index contributed by atoms with van der Waals surface area (Å²) in [4.78, 5) is 0. The maximum absolute atomic E-state index is 13.3. The predicted octanol–water partition coefficient (Wildman–Crippen LogP) is 1.66. The Morgan fingerprint density at radius 2 is 2.00 bits per heavy atom. The van der Waals surface area contributed by atoms with Crippen LogP contribution < -0.4 is 5.73 Å². The fourth-order valence-corrected chi connectivity index (χ4v) is 1.24. The van der Waals surface area contributed by atoms with Gasteiger partial charge < -0.3 is 10.8 Å². The van der Waals surface area contributed by atoms with E-state index < -0.39 is 17.7 Å². The van der Waals surface area contributed by atoms with Crippen molar-refractivity contribution in [2.45, 2.75) is 19.4 Å². The summed E-state index contributed by atoms with van der Waals surface area (Å²) in [5, 5.41) is 8.62. The van der Waals surface area contributed by atoms with Gasteiger partial charge >= 0.3 is 0 Å². The molecular weight excluding hydrogens is 188 g/mol. The molecular formula is C10H13F2NO. The van der Waals surface area contributed by atoms with Gasteiger partial charge in [-0.05, 0) is 18.9 Å². The number of hydrogen-bond acceptors (Lipinski definition) is 2. The first-order chi connectivity index (χ1) is 6.57. The molecule has 0 heterocycles. The standard InChI is InChI=1S/C10H13F2NO/c1-6-2-3-7(8(13)4-5-14)10(12)9(6)11/h2-3,8,14H,4-5,13H2,1H3/t8-/m0/s1. The van der Waals surface area contributed by atoms with E-state index in [9.17, 15) is 8.78 Å². The normalized spacial score (nSPS) is 12.9. The first kappa shape index (κ1) is 11.1. The summed E-state index contributed by atoms with van der Waals surface area (Å²) in [6.45, 7) is 1.34. The molecule has 2 nitrogen and oxygen atoms in total. The van der Waals surface area contributed by atoms with Gasteiger partial charge in [0.2, 0.25) is 0 Å². The highest BCUT2D eigenvalue weighted by atomic mass is 19.2. The Balaban J connectivity index is 3.04. The second-order valence-electron chi connectivity index (χ2n) is 3.22. The number of halogens is 2. The molecule has 0 saturated carbocycles. The lowest BCUT2D eigenvalue weighted by molar-refractivity contribution is 0.275. The molecule has 0 aliphatic carbocycles. The lowest BCUT2D eigenvalue weighted by atomic mass is 10.0. The predicted molar refractivity (Wildman–Crippen MR) is 49.7 cm³/mol. The highest BCUT2D eigenvalue weighted by molar-refractivity contribution is 5.27. The zero-order valence-electron chi connectivity index (χ0n) is 7.93. The van der Waals surface area contributed by atoms with E-state index in [1.54, 1.807) is 0 Å². The van der Waals surface area contributed by atoms with Gasteiger partial charge in [0.15, 0.2) is 11.6 Å². The Labute approximate surface area is 81.4 Å². The zero-order chi connectivity index (χ0) is 10.7. The van der Waals surface area contributed by atoms with Crippen LogP contribution in [0.15, 0.2) is 12.1 Å². The Bertz CT molecular complexity index is 328. The van der Waals surface area contributed by atoms with Crippen LogP contribution in [0.4, 0.5) is 8.78 Å². The molecule has 1 aromatic carbocycles. The maximum Gasteiger partial charge on any atom is 0.163 e. The molecule has 0 unspecified atom stereocenters. The molecule has 0 spiro atoms. The van der Waals surface area contributed by atoms with Crippen LogP contribution >= 0.6 is 0 Å². The van der Waals surface area contributed by atoms with Gasteiger partial charge in [-0.3, -0.25) is 0 Å². The first-order valence-electron chi connectivity index (χ1n) is 4.39. The molecule has 0 amide bonds. The Hall–Kier alpha value is -1.00. The van der Waals surface area contributed by atoms with Crippen molar-refractivity contribution >= 4 is 0 Å². The average molecular weight is 201 g/mol. The van der Waals surface area contributed by atoms with Crippen molar-refractivity contribution in [2.24, 2.45) is 5.73 Å². The summed E-state index contributed by atoms with van der Waals surface area (Å²) < 4.78 is 26.4. The molecule has 0 bridgehead atoms. The Kier molecular flexibility index (Phi) is 3.55. The van der Waals surface area contributed by atoms with Crippen LogP contribution in [0.1, 0.15) is 23.6 Å². The summed E-state index contributed by atoms with van der Waals surface area (Å²) in [7, 11) is 0. The SMILES string of the molecule is Cc1ccc([C@@H](N)CCO)c(F)c1F. The van der Waals surface area contributed by atoms with Crippen molar-refractivity contribution in [3.8, 4) is 0 Å². The minimum Gasteiger partial charge on any atom is -0.396 e. The van der Waals surface area contributed by atoms with Gasteiger partial charge in [0, 0.05) is 18.2 Å². The summed E-state index contributed by atoms with van der Waals surface area (Å²) in [6.07, 6.45) is 0.222. The van der Waals surface area contributed by atoms with Crippen LogP contribution in [0, 0.1) is 18.6 Å². The molecule has 0 saturated heterocycles. The smallest absolute Gasteiger partial charge is 0.163 e. The van der Waals surface area contributed by atoms with E-state index in [4.69, 9.17) is 10.8 Å². The van der Waals surface area contributed by atoms with Crippen LogP contribution in [0.25, 0.3) is 0 Å². The fraction of sp³-hybridized carbons (Fsp3) is 0.400. The topological polar surface area (TPSA) is 46.2 Å². The van der Waals surface area contributed by atoms with Gasteiger partial charge in [0.1, 0.15) is 0 Å². The van der Waals surface area contributed by atoms with Gasteiger partial charge in [0.25, 0.3) is 0 Å². The molecule has 0 radical (unpaired) electrons. The van der Waals surface area contributed by atoms with Crippen molar-refractivity contribution < 1.29 is 13.9 Å². The molecule has 0 aliphatic rings. The maximum atomic E-state index is 13.3. The second kappa shape index (κ2) is 4.48. The van der Waals surface area contributed by atoms with E-state index in [-0.39, 0.29) is 24.2 Å². The molecule has 14 heavy (non-hydrogen) atoms. The molecule has 4 heteroatoms. The van der Waals surface area contributed by atoms with E-state index in [1.165, 1.54) is 19.1 Å². The van der Waals surface area contributed by atoms with E-state index in [1.807, 2.05) is 0 Å². The Morgan fingerprint density at radius 3 is 2.57 bits per heavy atom. The highest BCUT2D eigenvalue weighted by Crippen LogP contribution is 2.21. The van der Waals surface area contributed by atoms with Gasteiger partial charge in [-0.1, -0.05) is 12.1 Å². The molecule has 3 N–H and O–H groups in total. The van der Waals surface area contributed by atoms with Crippen molar-refractivity contribution in [2.75, 3.05) is 6.61 Å². The molecule has 78 valence electrons. The molecule has 0 fully saturated rings. The minimum absolute atomic E-state index is 0.113. The summed E-state index contributed by atoms with van der Waals surface area (Å²) in [5.41, 5.74) is 5.92. The van der Waals surface area contributed by atoms with Crippen molar-refractivity contribution in [1.82, 2.24) is 0 Å². The largest absolute Gasteiger partial charge is 0.396 e. The molecule has 0 aromatic heterocycles. The van der Waals surface area contributed by atoms with Crippen LogP contribution in [0.3, 0.4) is 0 Å². The molecule has 1 aromatic rings. The van der Waals surface area contributed by atoms with E-state index >= 15 is 0 Å². The van der Waals surface area contributed by atoms with Crippen molar-refractivity contribution in [1.29, 1.82) is 0 Å². The average Bonchev–Trinajstić information content (AvgIpc) is 2.15. The van der Waals surface area contributed by atoms with Crippen molar-refractivity contribution in [3.63, 3.8) is 0 Å². The van der Waals surface area contributed by atoms with Crippen LogP contribution in [-0.2, 0) is 0 Å². The number of nitrogens with two attached hydrogens (primary N) is 1. The third-order valence-electron chi connectivity index (χ3n) is 2.14. The van der Waals surface area contributed by atoms with Crippen LogP contribution in [0.2, 0.25) is 0 Å². The third kappa shape index (κ3) is 2.08. The summed E-state index contributed by atoms with van der Waals surface area (Å²) in [6, 6.07) is 2.27. The lowest BCUT2D eigenvalue weighted by Crippen LogP contribution is -2.14. The van der Waals surface area contributed by atoms with E-state index in [2.05, 4.69) is 0 Å². The molecule has 0 aliphatic heterocycles. The number of rotatable bonds is 3. The van der Waals surface area contributed by atoms with Gasteiger partial charge in [-0.2, -0.15) is 0 Å². The van der Waals surface area contributed by atoms with Crippen LogP contribution in [-0.4, -0.2) is 11.7 Å². The van der Waals surface area contributed by atoms with Gasteiger partial charge in [-0.15, -0.1) is 0 Å². The number of hydrogen-bond donors (Lipinski definition) is 2. The monoisotopic (exact) mass is 201 g/mol. The fourth-order valence-electron chi connectivity index (χ4n) is 1.24. The minimum atomic E-state index is -0.911. The van der Waals surface area contributed by atoms with Crippen molar-refractivity contribution in [3.05, 3.63) is 34.9 Å². The van der Waals surface area contributed by atoms with Gasteiger partial charge in [0.05, 0.1) is 0 Å².